The van der Waals surface area contributed by atoms with Gasteiger partial charge in [0.15, 0.2) is 0 Å². The van der Waals surface area contributed by atoms with E-state index in [0.29, 0.717) is 11.2 Å². The molecule has 0 saturated heterocycles. The van der Waals surface area contributed by atoms with Crippen LogP contribution in [0.3, 0.4) is 0 Å². The third-order valence-electron chi connectivity index (χ3n) is 9.41. The molecule has 0 saturated carbocycles. The van der Waals surface area contributed by atoms with Crippen molar-refractivity contribution in [3.63, 3.8) is 0 Å². The molecular formula is C44H35N5O. The molecule has 242 valence electrons. The van der Waals surface area contributed by atoms with Crippen molar-refractivity contribution in [3.8, 4) is 22.3 Å². The molecule has 0 fully saturated rings. The number of benzene rings is 5. The molecule has 0 aliphatic carbocycles. The maximum atomic E-state index is 14.0. The number of rotatable bonds is 8. The molecule has 50 heavy (non-hydrogen) atoms. The van der Waals surface area contributed by atoms with Crippen LogP contribution in [0.5, 0.6) is 0 Å². The van der Waals surface area contributed by atoms with E-state index in [1.165, 1.54) is 0 Å². The standard InChI is InChI=1S/C44H35N5O/c1-47(2)39-25-23-32(24-26-39)34-27-40-41(31-48(42(40)45-28-34)43(50)33-15-7-3-8-16-33)35-29-46-49(30-35)44(36-17-9-4-10-18-36,37-19-11-5-12-20-37)38-21-13-6-14-22-38/h3-31H,1-2H3. The highest BCUT2D eigenvalue weighted by Crippen LogP contribution is 2.42. The van der Waals surface area contributed by atoms with Gasteiger partial charge in [0.2, 0.25) is 0 Å². The normalized spacial score (nSPS) is 11.5. The van der Waals surface area contributed by atoms with E-state index in [4.69, 9.17) is 10.1 Å². The number of anilines is 1. The summed E-state index contributed by atoms with van der Waals surface area (Å²) in [6.07, 6.45) is 7.74. The molecule has 0 spiro atoms. The predicted molar refractivity (Wildman–Crippen MR) is 201 cm³/mol. The summed E-state index contributed by atoms with van der Waals surface area (Å²) in [5, 5.41) is 5.99. The van der Waals surface area contributed by atoms with Gasteiger partial charge in [0.05, 0.1) is 6.20 Å². The maximum Gasteiger partial charge on any atom is 0.263 e. The Morgan fingerprint density at radius 1 is 0.600 bits per heavy atom. The van der Waals surface area contributed by atoms with Crippen LogP contribution < -0.4 is 4.90 Å². The first-order valence-electron chi connectivity index (χ1n) is 16.6. The number of hydrogen-bond acceptors (Lipinski definition) is 4. The van der Waals surface area contributed by atoms with Crippen LogP contribution in [0, 0.1) is 0 Å². The highest BCUT2D eigenvalue weighted by Gasteiger charge is 2.39. The number of hydrogen-bond donors (Lipinski definition) is 0. The highest BCUT2D eigenvalue weighted by molar-refractivity contribution is 6.06. The fourth-order valence-corrected chi connectivity index (χ4v) is 6.90. The van der Waals surface area contributed by atoms with Gasteiger partial charge in [0, 0.05) is 66.0 Å². The van der Waals surface area contributed by atoms with Gasteiger partial charge in [-0.3, -0.25) is 14.0 Å². The Labute approximate surface area is 291 Å². The minimum Gasteiger partial charge on any atom is -0.378 e. The number of pyridine rings is 1. The molecule has 0 bridgehead atoms. The number of nitrogens with zero attached hydrogens (tertiary/aromatic N) is 5. The molecule has 8 aromatic rings. The molecular weight excluding hydrogens is 615 g/mol. The van der Waals surface area contributed by atoms with Crippen molar-refractivity contribution in [2.24, 2.45) is 0 Å². The molecule has 6 nitrogen and oxygen atoms in total. The van der Waals surface area contributed by atoms with Crippen molar-refractivity contribution in [2.75, 3.05) is 19.0 Å². The lowest BCUT2D eigenvalue weighted by Crippen LogP contribution is -2.38. The monoisotopic (exact) mass is 649 g/mol. The van der Waals surface area contributed by atoms with E-state index in [1.807, 2.05) is 81.2 Å². The summed E-state index contributed by atoms with van der Waals surface area (Å²) in [6, 6.07) is 51.4. The van der Waals surface area contributed by atoms with Gasteiger partial charge in [-0.1, -0.05) is 121 Å². The summed E-state index contributed by atoms with van der Waals surface area (Å²) in [5.41, 5.74) is 8.55. The SMILES string of the molecule is CN(C)c1ccc(-c2cnc3c(c2)c(-c2cnn(C(c4ccccc4)(c4ccccc4)c4ccccc4)c2)cn3C(=O)c2ccccc2)cc1. The number of fused-ring (bicyclic) bond motifs is 1. The van der Waals surface area contributed by atoms with Crippen LogP contribution in [0.1, 0.15) is 27.0 Å². The highest BCUT2D eigenvalue weighted by atomic mass is 16.2. The molecule has 0 aliphatic heterocycles. The first kappa shape index (κ1) is 30.8. The molecule has 0 aliphatic rings. The van der Waals surface area contributed by atoms with E-state index in [0.717, 1.165) is 50.0 Å². The second kappa shape index (κ2) is 12.8. The molecule has 0 atom stereocenters. The average Bonchev–Trinajstić information content (AvgIpc) is 3.82. The smallest absolute Gasteiger partial charge is 0.263 e. The first-order chi connectivity index (χ1) is 24.5. The molecule has 6 heteroatoms. The predicted octanol–water partition coefficient (Wildman–Crippen LogP) is 9.16. The van der Waals surface area contributed by atoms with Gasteiger partial charge >= 0.3 is 0 Å². The number of aromatic nitrogens is 4. The lowest BCUT2D eigenvalue weighted by atomic mass is 9.77. The van der Waals surface area contributed by atoms with Crippen molar-refractivity contribution in [1.29, 1.82) is 0 Å². The van der Waals surface area contributed by atoms with Crippen LogP contribution in [0.25, 0.3) is 33.3 Å². The quantitative estimate of drug-likeness (QED) is 0.154. The molecule has 0 unspecified atom stereocenters. The van der Waals surface area contributed by atoms with Gasteiger partial charge in [0.1, 0.15) is 11.2 Å². The van der Waals surface area contributed by atoms with Gasteiger partial charge in [-0.15, -0.1) is 0 Å². The summed E-state index contributed by atoms with van der Waals surface area (Å²) in [7, 11) is 4.06. The Kier molecular flexibility index (Phi) is 7.89. The summed E-state index contributed by atoms with van der Waals surface area (Å²) < 4.78 is 3.72. The number of carbonyl (C=O) groups is 1. The van der Waals surface area contributed by atoms with Gasteiger partial charge in [0.25, 0.3) is 5.91 Å². The molecule has 5 aromatic carbocycles. The van der Waals surface area contributed by atoms with E-state index >= 15 is 0 Å². The number of carbonyl (C=O) groups excluding carboxylic acids is 1. The van der Waals surface area contributed by atoms with E-state index in [2.05, 4.69) is 119 Å². The Bertz CT molecular complexity index is 2300. The van der Waals surface area contributed by atoms with Gasteiger partial charge in [-0.05, 0) is 52.6 Å². The zero-order valence-electron chi connectivity index (χ0n) is 27.9. The Morgan fingerprint density at radius 3 is 1.68 bits per heavy atom. The summed E-state index contributed by atoms with van der Waals surface area (Å²) in [5.74, 6) is -0.142. The van der Waals surface area contributed by atoms with Crippen LogP contribution in [-0.4, -0.2) is 39.3 Å². The fraction of sp³-hybridized carbons (Fsp3) is 0.0682. The van der Waals surface area contributed by atoms with Crippen molar-refractivity contribution in [3.05, 3.63) is 199 Å². The van der Waals surface area contributed by atoms with E-state index < -0.39 is 5.54 Å². The van der Waals surface area contributed by atoms with Crippen LogP contribution in [0.4, 0.5) is 5.69 Å². The molecule has 0 N–H and O–H groups in total. The third-order valence-corrected chi connectivity index (χ3v) is 9.41. The van der Waals surface area contributed by atoms with Crippen molar-refractivity contribution in [1.82, 2.24) is 19.3 Å². The second-order valence-electron chi connectivity index (χ2n) is 12.6. The molecule has 8 rings (SSSR count). The second-order valence-corrected chi connectivity index (χ2v) is 12.6. The van der Waals surface area contributed by atoms with E-state index in [9.17, 15) is 4.79 Å². The van der Waals surface area contributed by atoms with E-state index in [1.54, 1.807) is 4.57 Å². The Hall–Kier alpha value is -6.53. The zero-order chi connectivity index (χ0) is 34.1. The van der Waals surface area contributed by atoms with Crippen molar-refractivity contribution < 1.29 is 4.79 Å². The molecule has 0 amide bonds. The van der Waals surface area contributed by atoms with Gasteiger partial charge in [-0.25, -0.2) is 4.98 Å². The van der Waals surface area contributed by atoms with Crippen LogP contribution in [-0.2, 0) is 5.54 Å². The maximum absolute atomic E-state index is 14.0. The Morgan fingerprint density at radius 2 is 1.14 bits per heavy atom. The summed E-state index contributed by atoms with van der Waals surface area (Å²) >= 11 is 0. The molecule has 0 radical (unpaired) electrons. The van der Waals surface area contributed by atoms with Gasteiger partial charge in [-0.2, -0.15) is 5.10 Å². The van der Waals surface area contributed by atoms with Crippen LogP contribution in [0.15, 0.2) is 176 Å². The summed E-state index contributed by atoms with van der Waals surface area (Å²) in [6.45, 7) is 0. The van der Waals surface area contributed by atoms with Crippen LogP contribution >= 0.6 is 0 Å². The molecule has 3 aromatic heterocycles. The third kappa shape index (κ3) is 5.28. The first-order valence-corrected chi connectivity index (χ1v) is 16.6. The lowest BCUT2D eigenvalue weighted by Gasteiger charge is -2.36. The van der Waals surface area contributed by atoms with Crippen molar-refractivity contribution in [2.45, 2.75) is 5.54 Å². The fourth-order valence-electron chi connectivity index (χ4n) is 6.90. The minimum atomic E-state index is -0.766. The Balaban J connectivity index is 1.35. The van der Waals surface area contributed by atoms with Gasteiger partial charge < -0.3 is 4.90 Å². The zero-order valence-corrected chi connectivity index (χ0v) is 27.9. The van der Waals surface area contributed by atoms with E-state index in [-0.39, 0.29) is 5.91 Å². The largest absolute Gasteiger partial charge is 0.378 e. The minimum absolute atomic E-state index is 0.142. The van der Waals surface area contributed by atoms with Crippen LogP contribution in [0.2, 0.25) is 0 Å². The average molecular weight is 650 g/mol. The van der Waals surface area contributed by atoms with Crippen molar-refractivity contribution >= 4 is 22.6 Å². The summed E-state index contributed by atoms with van der Waals surface area (Å²) in [4.78, 5) is 21.0. The lowest BCUT2D eigenvalue weighted by molar-refractivity contribution is 0.0964. The molecule has 3 heterocycles. The topological polar surface area (TPSA) is 56.0 Å².